The molecule has 1 unspecified atom stereocenters. The lowest BCUT2D eigenvalue weighted by molar-refractivity contribution is -0.149. The summed E-state index contributed by atoms with van der Waals surface area (Å²) in [5.74, 6) is -1.02. The summed E-state index contributed by atoms with van der Waals surface area (Å²) in [6, 6.07) is -0.0221. The summed E-state index contributed by atoms with van der Waals surface area (Å²) >= 11 is 0. The summed E-state index contributed by atoms with van der Waals surface area (Å²) in [6.07, 6.45) is 2.63. The van der Waals surface area contributed by atoms with E-state index in [-0.39, 0.29) is 19.2 Å². The Morgan fingerprint density at radius 1 is 1.39 bits per heavy atom. The van der Waals surface area contributed by atoms with E-state index in [2.05, 4.69) is 0 Å². The number of sulfone groups is 1. The molecule has 0 aromatic rings. The number of hydrogen-bond acceptors (Lipinski definition) is 5. The first kappa shape index (κ1) is 14.9. The number of amides is 1. The molecule has 18 heavy (non-hydrogen) atoms. The molecule has 1 aliphatic carbocycles. The minimum Gasteiger partial charge on any atom is -0.465 e. The Bertz CT molecular complexity index is 427. The summed E-state index contributed by atoms with van der Waals surface area (Å²) in [5.41, 5.74) is 0. The van der Waals surface area contributed by atoms with E-state index in [4.69, 9.17) is 4.74 Å². The van der Waals surface area contributed by atoms with Gasteiger partial charge in [-0.1, -0.05) is 0 Å². The van der Waals surface area contributed by atoms with Crippen LogP contribution < -0.4 is 0 Å². The summed E-state index contributed by atoms with van der Waals surface area (Å²) in [5, 5.41) is -1.12. The Kier molecular flexibility index (Phi) is 4.72. The fraction of sp³-hybridized carbons (Fsp3) is 0.818. The molecule has 0 aliphatic heterocycles. The molecule has 1 saturated carbocycles. The topological polar surface area (TPSA) is 80.8 Å². The molecule has 6 nitrogen and oxygen atoms in total. The minimum absolute atomic E-state index is 0.0221. The third-order valence-electron chi connectivity index (χ3n) is 2.87. The molecule has 7 heteroatoms. The van der Waals surface area contributed by atoms with Gasteiger partial charge in [0.2, 0.25) is 5.91 Å². The van der Waals surface area contributed by atoms with Crippen molar-refractivity contribution in [2.24, 2.45) is 0 Å². The van der Waals surface area contributed by atoms with Crippen LogP contribution >= 0.6 is 0 Å². The van der Waals surface area contributed by atoms with Gasteiger partial charge in [-0.25, -0.2) is 8.42 Å². The van der Waals surface area contributed by atoms with Crippen LogP contribution in [-0.4, -0.2) is 55.9 Å². The fourth-order valence-corrected chi connectivity index (χ4v) is 2.04. The molecule has 1 amide bonds. The van der Waals surface area contributed by atoms with Crippen molar-refractivity contribution in [3.63, 3.8) is 0 Å². The van der Waals surface area contributed by atoms with Crippen molar-refractivity contribution in [2.45, 2.75) is 38.0 Å². The minimum atomic E-state index is -3.44. The summed E-state index contributed by atoms with van der Waals surface area (Å²) < 4.78 is 27.5. The maximum atomic E-state index is 12.1. The van der Waals surface area contributed by atoms with Gasteiger partial charge >= 0.3 is 5.97 Å². The number of carbonyl (C=O) groups is 2. The highest BCUT2D eigenvalue weighted by atomic mass is 32.2. The number of carbonyl (C=O) groups excluding carboxylic acids is 2. The van der Waals surface area contributed by atoms with Crippen LogP contribution in [0.3, 0.4) is 0 Å². The predicted octanol–water partition coefficient (Wildman–Crippen LogP) is -0.0264. The van der Waals surface area contributed by atoms with Gasteiger partial charge in [0.25, 0.3) is 0 Å². The maximum absolute atomic E-state index is 12.1. The standard InChI is InChI=1S/C11H19NO5S/c1-4-17-10(13)7-12(9-5-6-9)11(14)8(2)18(3,15)16/h8-9H,4-7H2,1-3H3. The lowest BCUT2D eigenvalue weighted by Crippen LogP contribution is -2.45. The molecule has 0 spiro atoms. The third kappa shape index (κ3) is 3.97. The SMILES string of the molecule is CCOC(=O)CN(C(=O)C(C)S(C)(=O)=O)C1CC1. The molecule has 0 saturated heterocycles. The van der Waals surface area contributed by atoms with E-state index in [0.29, 0.717) is 0 Å². The van der Waals surface area contributed by atoms with Gasteiger partial charge < -0.3 is 9.64 Å². The Balaban J connectivity index is 2.73. The molecule has 0 radical (unpaired) electrons. The lowest BCUT2D eigenvalue weighted by atomic mass is 10.3. The largest absolute Gasteiger partial charge is 0.465 e. The van der Waals surface area contributed by atoms with Crippen LogP contribution in [0.4, 0.5) is 0 Å². The van der Waals surface area contributed by atoms with Crippen LogP contribution in [0.15, 0.2) is 0 Å². The van der Waals surface area contributed by atoms with Crippen LogP contribution in [-0.2, 0) is 24.2 Å². The molecule has 0 N–H and O–H groups in total. The molecule has 0 heterocycles. The van der Waals surface area contributed by atoms with E-state index in [0.717, 1.165) is 19.1 Å². The van der Waals surface area contributed by atoms with Gasteiger partial charge in [0, 0.05) is 12.3 Å². The van der Waals surface area contributed by atoms with Crippen molar-refractivity contribution in [1.29, 1.82) is 0 Å². The average molecular weight is 277 g/mol. The Morgan fingerprint density at radius 2 is 1.94 bits per heavy atom. The molecule has 104 valence electrons. The van der Waals surface area contributed by atoms with E-state index in [1.807, 2.05) is 0 Å². The quantitative estimate of drug-likeness (QED) is 0.637. The van der Waals surface area contributed by atoms with Gasteiger partial charge in [-0.15, -0.1) is 0 Å². The second-order valence-electron chi connectivity index (χ2n) is 4.47. The molecule has 0 aromatic heterocycles. The smallest absolute Gasteiger partial charge is 0.325 e. The molecular formula is C11H19NO5S. The highest BCUT2D eigenvalue weighted by Crippen LogP contribution is 2.27. The first-order chi connectivity index (χ1) is 8.27. The Labute approximate surface area is 107 Å². The summed E-state index contributed by atoms with van der Waals surface area (Å²) in [4.78, 5) is 24.8. The zero-order valence-corrected chi connectivity index (χ0v) is 11.7. The third-order valence-corrected chi connectivity index (χ3v) is 4.35. The molecule has 0 aromatic carbocycles. The van der Waals surface area contributed by atoms with E-state index in [1.165, 1.54) is 11.8 Å². The highest BCUT2D eigenvalue weighted by molar-refractivity contribution is 7.92. The van der Waals surface area contributed by atoms with Gasteiger partial charge in [-0.3, -0.25) is 9.59 Å². The molecular weight excluding hydrogens is 258 g/mol. The molecule has 1 aliphatic rings. The van der Waals surface area contributed by atoms with Gasteiger partial charge in [0.1, 0.15) is 11.8 Å². The van der Waals surface area contributed by atoms with Crippen LogP contribution in [0.1, 0.15) is 26.7 Å². The normalized spacial score (nSPS) is 17.1. The van der Waals surface area contributed by atoms with Crippen molar-refractivity contribution in [2.75, 3.05) is 19.4 Å². The van der Waals surface area contributed by atoms with Crippen LogP contribution in [0.25, 0.3) is 0 Å². The molecule has 1 atom stereocenters. The monoisotopic (exact) mass is 277 g/mol. The highest BCUT2D eigenvalue weighted by Gasteiger charge is 2.38. The zero-order chi connectivity index (χ0) is 13.9. The number of nitrogens with zero attached hydrogens (tertiary/aromatic N) is 1. The number of rotatable bonds is 6. The number of hydrogen-bond donors (Lipinski definition) is 0. The maximum Gasteiger partial charge on any atom is 0.325 e. The molecule has 0 bridgehead atoms. The van der Waals surface area contributed by atoms with Gasteiger partial charge in [0.15, 0.2) is 9.84 Å². The Hall–Kier alpha value is -1.11. The van der Waals surface area contributed by atoms with Crippen molar-refractivity contribution in [1.82, 2.24) is 4.90 Å². The van der Waals surface area contributed by atoms with Crippen LogP contribution in [0.5, 0.6) is 0 Å². The molecule has 1 fully saturated rings. The van der Waals surface area contributed by atoms with E-state index in [9.17, 15) is 18.0 Å². The molecule has 1 rings (SSSR count). The lowest BCUT2D eigenvalue weighted by Gasteiger charge is -2.24. The summed E-state index contributed by atoms with van der Waals surface area (Å²) in [6.45, 7) is 3.10. The van der Waals surface area contributed by atoms with Crippen molar-refractivity contribution < 1.29 is 22.7 Å². The fourth-order valence-electron chi connectivity index (χ4n) is 1.54. The van der Waals surface area contributed by atoms with Crippen molar-refractivity contribution >= 4 is 21.7 Å². The van der Waals surface area contributed by atoms with E-state index in [1.54, 1.807) is 6.92 Å². The van der Waals surface area contributed by atoms with Gasteiger partial charge in [0.05, 0.1) is 6.61 Å². The number of esters is 1. The van der Waals surface area contributed by atoms with Crippen LogP contribution in [0.2, 0.25) is 0 Å². The zero-order valence-electron chi connectivity index (χ0n) is 10.9. The average Bonchev–Trinajstić information content (AvgIpc) is 3.07. The van der Waals surface area contributed by atoms with Gasteiger partial charge in [-0.2, -0.15) is 0 Å². The predicted molar refractivity (Wildman–Crippen MR) is 65.7 cm³/mol. The second kappa shape index (κ2) is 5.69. The second-order valence-corrected chi connectivity index (χ2v) is 6.84. The van der Waals surface area contributed by atoms with E-state index < -0.39 is 27.0 Å². The first-order valence-electron chi connectivity index (χ1n) is 5.92. The van der Waals surface area contributed by atoms with Gasteiger partial charge in [-0.05, 0) is 26.7 Å². The first-order valence-corrected chi connectivity index (χ1v) is 7.87. The van der Waals surface area contributed by atoms with Crippen molar-refractivity contribution in [3.05, 3.63) is 0 Å². The Morgan fingerprint density at radius 3 is 2.33 bits per heavy atom. The van der Waals surface area contributed by atoms with E-state index >= 15 is 0 Å². The van der Waals surface area contributed by atoms with Crippen molar-refractivity contribution in [3.8, 4) is 0 Å². The summed E-state index contributed by atoms with van der Waals surface area (Å²) in [7, 11) is -3.44. The number of ether oxygens (including phenoxy) is 1. The van der Waals surface area contributed by atoms with Crippen LogP contribution in [0, 0.1) is 0 Å².